The molecular weight excluding hydrogens is 216 g/mol. The molecule has 1 saturated heterocycles. The van der Waals surface area contributed by atoms with Gasteiger partial charge in [0.05, 0.1) is 0 Å². The Balaban J connectivity index is 2.05. The lowest BCUT2D eigenvalue weighted by Crippen LogP contribution is -2.47. The summed E-state index contributed by atoms with van der Waals surface area (Å²) in [5.41, 5.74) is 0.701. The molecule has 17 heavy (non-hydrogen) atoms. The minimum atomic E-state index is -0.420. The maximum Gasteiger partial charge on any atom is 0.414 e. The van der Waals surface area contributed by atoms with E-state index in [0.717, 1.165) is 25.0 Å². The Hall–Kier alpha value is -1.03. The lowest BCUT2D eigenvalue weighted by molar-refractivity contribution is 0.0211. The molecule has 0 saturated carbocycles. The molecule has 0 aromatic heterocycles. The van der Waals surface area contributed by atoms with Crippen molar-refractivity contribution in [1.82, 2.24) is 10.2 Å². The van der Waals surface area contributed by atoms with E-state index in [1.165, 1.54) is 0 Å². The number of fused-ring (bicyclic) bond motifs is 2. The highest BCUT2D eigenvalue weighted by Crippen LogP contribution is 2.35. The van der Waals surface area contributed by atoms with Crippen LogP contribution in [0.3, 0.4) is 0 Å². The van der Waals surface area contributed by atoms with E-state index in [2.05, 4.69) is 11.4 Å². The Kier molecular flexibility index (Phi) is 3.17. The predicted octanol–water partition coefficient (Wildman–Crippen LogP) is 2.26. The van der Waals surface area contributed by atoms with Crippen LogP contribution in [0.25, 0.3) is 0 Å². The van der Waals surface area contributed by atoms with Gasteiger partial charge in [0, 0.05) is 24.2 Å². The van der Waals surface area contributed by atoms with Crippen LogP contribution in [0, 0.1) is 0 Å². The van der Waals surface area contributed by atoms with Gasteiger partial charge in [0.15, 0.2) is 0 Å². The van der Waals surface area contributed by atoms with Gasteiger partial charge in [-0.25, -0.2) is 4.79 Å². The Bertz CT molecular complexity index is 344. The van der Waals surface area contributed by atoms with Gasteiger partial charge >= 0.3 is 6.09 Å². The molecule has 96 valence electrons. The molecule has 2 aliphatic heterocycles. The van der Waals surface area contributed by atoms with Crippen LogP contribution in [0.5, 0.6) is 0 Å². The summed E-state index contributed by atoms with van der Waals surface area (Å²) in [4.78, 5) is 14.0. The van der Waals surface area contributed by atoms with Gasteiger partial charge in [-0.2, -0.15) is 0 Å². The average molecular weight is 238 g/mol. The molecule has 2 rings (SSSR count). The van der Waals surface area contributed by atoms with Crippen molar-refractivity contribution >= 4 is 6.09 Å². The standard InChI is InChI=1S/C13H22N2O2/c1-13(2,3)17-12(16)15-10-5-6-11(15)8-9(7-10)14-4/h5,9,11,14H,6-8H2,1-4H3/t9-,11-/m1/s1. The Morgan fingerprint density at radius 2 is 2.24 bits per heavy atom. The normalized spacial score (nSPS) is 28.0. The summed E-state index contributed by atoms with van der Waals surface area (Å²) in [6.07, 6.45) is 4.88. The summed E-state index contributed by atoms with van der Waals surface area (Å²) >= 11 is 0. The first-order valence-electron chi connectivity index (χ1n) is 6.29. The summed E-state index contributed by atoms with van der Waals surface area (Å²) in [5, 5.41) is 3.29. The molecule has 4 heteroatoms. The monoisotopic (exact) mass is 238 g/mol. The number of hydrogen-bond acceptors (Lipinski definition) is 3. The van der Waals surface area contributed by atoms with Gasteiger partial charge in [-0.05, 0) is 40.7 Å². The Morgan fingerprint density at radius 3 is 2.76 bits per heavy atom. The molecule has 1 fully saturated rings. The second-order valence-electron chi connectivity index (χ2n) is 5.86. The molecule has 2 bridgehead atoms. The lowest BCUT2D eigenvalue weighted by atomic mass is 9.99. The molecule has 2 heterocycles. The summed E-state index contributed by atoms with van der Waals surface area (Å²) in [6.45, 7) is 5.71. The third-order valence-corrected chi connectivity index (χ3v) is 3.31. The maximum atomic E-state index is 12.1. The fourth-order valence-electron chi connectivity index (χ4n) is 2.56. The SMILES string of the molecule is CN[C@@H]1CC2=CC[C@H](C1)N2C(=O)OC(C)(C)C. The van der Waals surface area contributed by atoms with Crippen molar-refractivity contribution in [3.63, 3.8) is 0 Å². The maximum absolute atomic E-state index is 12.1. The van der Waals surface area contributed by atoms with Crippen molar-refractivity contribution in [3.05, 3.63) is 11.8 Å². The largest absolute Gasteiger partial charge is 0.443 e. The van der Waals surface area contributed by atoms with E-state index < -0.39 is 5.60 Å². The van der Waals surface area contributed by atoms with Gasteiger partial charge in [0.25, 0.3) is 0 Å². The first-order chi connectivity index (χ1) is 7.90. The number of nitrogens with zero attached hydrogens (tertiary/aromatic N) is 1. The number of rotatable bonds is 1. The first-order valence-corrected chi connectivity index (χ1v) is 6.29. The molecule has 2 aliphatic rings. The Labute approximate surface area is 103 Å². The molecule has 0 aromatic rings. The fraction of sp³-hybridized carbons (Fsp3) is 0.769. The number of ether oxygens (including phenoxy) is 1. The zero-order valence-corrected chi connectivity index (χ0v) is 11.1. The number of piperidine rings is 1. The first kappa shape index (κ1) is 12.4. The van der Waals surface area contributed by atoms with Crippen molar-refractivity contribution in [1.29, 1.82) is 0 Å². The molecule has 0 aromatic carbocycles. The number of nitrogens with one attached hydrogen (secondary N) is 1. The van der Waals surface area contributed by atoms with Crippen LogP contribution in [-0.2, 0) is 4.74 Å². The molecule has 0 unspecified atom stereocenters. The summed E-state index contributed by atoms with van der Waals surface area (Å²) < 4.78 is 5.45. The lowest BCUT2D eigenvalue weighted by Gasteiger charge is -2.37. The van der Waals surface area contributed by atoms with E-state index >= 15 is 0 Å². The summed E-state index contributed by atoms with van der Waals surface area (Å²) in [7, 11) is 1.98. The van der Waals surface area contributed by atoms with Crippen molar-refractivity contribution in [2.75, 3.05) is 7.05 Å². The number of carbonyl (C=O) groups excluding carboxylic acids is 1. The topological polar surface area (TPSA) is 41.6 Å². The van der Waals surface area contributed by atoms with Gasteiger partial charge in [-0.15, -0.1) is 0 Å². The van der Waals surface area contributed by atoms with E-state index in [-0.39, 0.29) is 12.1 Å². The van der Waals surface area contributed by atoms with Crippen molar-refractivity contribution in [2.45, 2.75) is 57.7 Å². The van der Waals surface area contributed by atoms with Crippen molar-refractivity contribution < 1.29 is 9.53 Å². The van der Waals surface area contributed by atoms with Crippen molar-refractivity contribution in [3.8, 4) is 0 Å². The van der Waals surface area contributed by atoms with Crippen LogP contribution < -0.4 is 5.32 Å². The molecule has 0 aliphatic carbocycles. The Morgan fingerprint density at radius 1 is 1.53 bits per heavy atom. The van der Waals surface area contributed by atoms with Gasteiger partial charge in [0.1, 0.15) is 5.60 Å². The third-order valence-electron chi connectivity index (χ3n) is 3.31. The van der Waals surface area contributed by atoms with E-state index in [1.807, 2.05) is 32.7 Å². The molecule has 0 spiro atoms. The van der Waals surface area contributed by atoms with Crippen LogP contribution >= 0.6 is 0 Å². The minimum Gasteiger partial charge on any atom is -0.443 e. The number of carbonyl (C=O) groups is 1. The number of amides is 1. The highest BCUT2D eigenvalue weighted by Gasteiger charge is 2.39. The zero-order chi connectivity index (χ0) is 12.6. The van der Waals surface area contributed by atoms with Gasteiger partial charge in [-0.1, -0.05) is 6.08 Å². The quantitative estimate of drug-likeness (QED) is 0.762. The molecule has 0 radical (unpaired) electrons. The van der Waals surface area contributed by atoms with Gasteiger partial charge in [-0.3, -0.25) is 4.90 Å². The van der Waals surface area contributed by atoms with Crippen LogP contribution in [0.2, 0.25) is 0 Å². The predicted molar refractivity (Wildman–Crippen MR) is 66.6 cm³/mol. The van der Waals surface area contributed by atoms with E-state index in [1.54, 1.807) is 0 Å². The smallest absolute Gasteiger partial charge is 0.414 e. The average Bonchev–Trinajstić information content (AvgIpc) is 2.47. The highest BCUT2D eigenvalue weighted by molar-refractivity contribution is 5.72. The summed E-state index contributed by atoms with van der Waals surface area (Å²) in [5.74, 6) is 0. The van der Waals surface area contributed by atoms with E-state index in [0.29, 0.717) is 6.04 Å². The van der Waals surface area contributed by atoms with Crippen molar-refractivity contribution in [2.24, 2.45) is 0 Å². The van der Waals surface area contributed by atoms with Crippen LogP contribution in [0.4, 0.5) is 4.79 Å². The fourth-order valence-corrected chi connectivity index (χ4v) is 2.56. The zero-order valence-electron chi connectivity index (χ0n) is 11.1. The summed E-state index contributed by atoms with van der Waals surface area (Å²) in [6, 6.07) is 0.776. The van der Waals surface area contributed by atoms with Crippen LogP contribution in [-0.4, -0.2) is 35.7 Å². The van der Waals surface area contributed by atoms with Gasteiger partial charge in [0.2, 0.25) is 0 Å². The molecule has 4 nitrogen and oxygen atoms in total. The van der Waals surface area contributed by atoms with E-state index in [4.69, 9.17) is 4.74 Å². The second-order valence-corrected chi connectivity index (χ2v) is 5.86. The number of hydrogen-bond donors (Lipinski definition) is 1. The van der Waals surface area contributed by atoms with Gasteiger partial charge < -0.3 is 10.1 Å². The molecule has 1 N–H and O–H groups in total. The molecule has 1 amide bonds. The molecular formula is C13H22N2O2. The highest BCUT2D eigenvalue weighted by atomic mass is 16.6. The van der Waals surface area contributed by atoms with E-state index in [9.17, 15) is 4.79 Å². The third kappa shape index (κ3) is 2.63. The second kappa shape index (κ2) is 4.33. The van der Waals surface area contributed by atoms with Crippen LogP contribution in [0.1, 0.15) is 40.0 Å². The molecule has 2 atom stereocenters. The minimum absolute atomic E-state index is 0.194. The van der Waals surface area contributed by atoms with Crippen LogP contribution in [0.15, 0.2) is 11.8 Å².